The number of aryl methyl sites for hydroxylation is 1. The predicted molar refractivity (Wildman–Crippen MR) is 119 cm³/mol. The largest absolute Gasteiger partial charge is 0.462 e. The summed E-state index contributed by atoms with van der Waals surface area (Å²) in [5.74, 6) is -0.339. The van der Waals surface area contributed by atoms with Crippen LogP contribution in [0.2, 0.25) is 0 Å². The SMILES string of the molecule is CCOC(=O)C1=C(C)Nc2ccccc2N=C1NC(=O)Cn1nc2n(c1=O)CCCCC2. The van der Waals surface area contributed by atoms with Gasteiger partial charge in [0.05, 0.1) is 18.0 Å². The molecule has 10 heteroatoms. The molecule has 32 heavy (non-hydrogen) atoms. The number of aromatic nitrogens is 3. The molecule has 168 valence electrons. The predicted octanol–water partition coefficient (Wildman–Crippen LogP) is 1.88. The molecule has 1 amide bonds. The number of hydrogen-bond acceptors (Lipinski definition) is 7. The number of carbonyl (C=O) groups is 2. The number of nitrogens with one attached hydrogen (secondary N) is 2. The van der Waals surface area contributed by atoms with Gasteiger partial charge < -0.3 is 15.4 Å². The van der Waals surface area contributed by atoms with Crippen molar-refractivity contribution in [3.8, 4) is 0 Å². The van der Waals surface area contributed by atoms with Crippen molar-refractivity contribution in [3.05, 3.63) is 51.8 Å². The summed E-state index contributed by atoms with van der Waals surface area (Å²) >= 11 is 0. The second-order valence-electron chi connectivity index (χ2n) is 7.69. The second kappa shape index (κ2) is 9.21. The molecular formula is C22H26N6O4. The first-order valence-electron chi connectivity index (χ1n) is 10.8. The first-order chi connectivity index (χ1) is 15.5. The third-order valence-electron chi connectivity index (χ3n) is 5.38. The van der Waals surface area contributed by atoms with Gasteiger partial charge in [-0.1, -0.05) is 18.6 Å². The van der Waals surface area contributed by atoms with E-state index in [9.17, 15) is 14.4 Å². The lowest BCUT2D eigenvalue weighted by Crippen LogP contribution is -2.39. The summed E-state index contributed by atoms with van der Waals surface area (Å²) in [6.45, 7) is 3.94. The Morgan fingerprint density at radius 2 is 2.03 bits per heavy atom. The van der Waals surface area contributed by atoms with Crippen molar-refractivity contribution in [2.24, 2.45) is 4.99 Å². The number of fused-ring (bicyclic) bond motifs is 2. The van der Waals surface area contributed by atoms with E-state index in [1.54, 1.807) is 24.5 Å². The van der Waals surface area contributed by atoms with Gasteiger partial charge in [-0.05, 0) is 38.8 Å². The number of amidine groups is 1. The van der Waals surface area contributed by atoms with E-state index in [2.05, 4.69) is 20.7 Å². The molecule has 1 aromatic heterocycles. The van der Waals surface area contributed by atoms with Gasteiger partial charge in [-0.25, -0.2) is 19.3 Å². The van der Waals surface area contributed by atoms with Gasteiger partial charge in [0.1, 0.15) is 23.8 Å². The molecule has 0 bridgehead atoms. The molecule has 0 aliphatic carbocycles. The Morgan fingerprint density at radius 3 is 2.84 bits per heavy atom. The van der Waals surface area contributed by atoms with Crippen LogP contribution in [0.4, 0.5) is 11.4 Å². The van der Waals surface area contributed by atoms with Crippen molar-refractivity contribution in [2.45, 2.75) is 52.6 Å². The summed E-state index contributed by atoms with van der Waals surface area (Å²) in [6, 6.07) is 7.25. The number of para-hydroxylation sites is 2. The number of nitrogens with zero attached hydrogens (tertiary/aromatic N) is 4. The zero-order valence-electron chi connectivity index (χ0n) is 18.2. The van der Waals surface area contributed by atoms with E-state index in [4.69, 9.17) is 4.74 Å². The van der Waals surface area contributed by atoms with E-state index in [0.717, 1.165) is 19.3 Å². The molecule has 0 saturated carbocycles. The van der Waals surface area contributed by atoms with Gasteiger partial charge in [-0.2, -0.15) is 5.10 Å². The molecule has 0 atom stereocenters. The molecule has 0 fully saturated rings. The number of benzene rings is 1. The molecule has 0 unspecified atom stereocenters. The van der Waals surface area contributed by atoms with E-state index < -0.39 is 11.9 Å². The van der Waals surface area contributed by atoms with Gasteiger partial charge in [0.15, 0.2) is 0 Å². The molecule has 1 aromatic carbocycles. The fraction of sp³-hybridized carbons (Fsp3) is 0.409. The highest BCUT2D eigenvalue weighted by Crippen LogP contribution is 2.30. The van der Waals surface area contributed by atoms with Crippen LogP contribution in [0.1, 0.15) is 38.9 Å². The highest BCUT2D eigenvalue weighted by atomic mass is 16.5. The summed E-state index contributed by atoms with van der Waals surface area (Å²) in [4.78, 5) is 42.7. The van der Waals surface area contributed by atoms with Gasteiger partial charge >= 0.3 is 11.7 Å². The Balaban J connectivity index is 1.62. The second-order valence-corrected chi connectivity index (χ2v) is 7.69. The van der Waals surface area contributed by atoms with Crippen LogP contribution in [0, 0.1) is 0 Å². The summed E-state index contributed by atoms with van der Waals surface area (Å²) in [5, 5.41) is 10.2. The van der Waals surface area contributed by atoms with Crippen LogP contribution in [-0.2, 0) is 33.8 Å². The molecule has 0 radical (unpaired) electrons. The van der Waals surface area contributed by atoms with Crippen molar-refractivity contribution < 1.29 is 14.3 Å². The molecule has 2 aliphatic heterocycles. The Morgan fingerprint density at radius 1 is 1.22 bits per heavy atom. The van der Waals surface area contributed by atoms with Crippen LogP contribution in [0.15, 0.2) is 45.3 Å². The van der Waals surface area contributed by atoms with Crippen LogP contribution in [0.25, 0.3) is 0 Å². The van der Waals surface area contributed by atoms with Crippen molar-refractivity contribution in [3.63, 3.8) is 0 Å². The van der Waals surface area contributed by atoms with Crippen molar-refractivity contribution >= 4 is 29.1 Å². The molecule has 2 aliphatic rings. The van der Waals surface area contributed by atoms with E-state index in [1.807, 2.05) is 18.2 Å². The minimum atomic E-state index is -0.602. The van der Waals surface area contributed by atoms with Crippen LogP contribution in [0.3, 0.4) is 0 Å². The maximum atomic E-state index is 12.9. The topological polar surface area (TPSA) is 120 Å². The fourth-order valence-electron chi connectivity index (χ4n) is 3.87. The third-order valence-corrected chi connectivity index (χ3v) is 5.38. The van der Waals surface area contributed by atoms with Crippen LogP contribution >= 0.6 is 0 Å². The quantitative estimate of drug-likeness (QED) is 0.704. The fourth-order valence-corrected chi connectivity index (χ4v) is 3.87. The van der Waals surface area contributed by atoms with Gasteiger partial charge in [0.2, 0.25) is 5.91 Å². The number of anilines is 1. The zero-order chi connectivity index (χ0) is 22.7. The van der Waals surface area contributed by atoms with Gasteiger partial charge in [0, 0.05) is 18.7 Å². The number of esters is 1. The van der Waals surface area contributed by atoms with Crippen LogP contribution < -0.4 is 16.3 Å². The van der Waals surface area contributed by atoms with Crippen molar-refractivity contribution in [2.75, 3.05) is 11.9 Å². The van der Waals surface area contributed by atoms with E-state index in [0.29, 0.717) is 35.9 Å². The smallest absolute Gasteiger partial charge is 0.346 e. The van der Waals surface area contributed by atoms with E-state index in [1.165, 1.54) is 4.68 Å². The van der Waals surface area contributed by atoms with Crippen LogP contribution in [-0.4, -0.2) is 38.7 Å². The minimum Gasteiger partial charge on any atom is -0.462 e. The highest BCUT2D eigenvalue weighted by Gasteiger charge is 2.26. The summed E-state index contributed by atoms with van der Waals surface area (Å²) in [5.41, 5.74) is 1.59. The molecule has 2 N–H and O–H groups in total. The summed E-state index contributed by atoms with van der Waals surface area (Å²) in [7, 11) is 0. The average molecular weight is 438 g/mol. The first kappa shape index (κ1) is 21.5. The maximum absolute atomic E-state index is 12.9. The molecular weight excluding hydrogens is 412 g/mol. The number of carbonyl (C=O) groups excluding carboxylic acids is 2. The minimum absolute atomic E-state index is 0.0669. The third kappa shape index (κ3) is 4.34. The van der Waals surface area contributed by atoms with Gasteiger partial charge in [-0.15, -0.1) is 0 Å². The molecule has 0 spiro atoms. The summed E-state index contributed by atoms with van der Waals surface area (Å²) < 4.78 is 7.99. The Labute approximate surface area is 185 Å². The van der Waals surface area contributed by atoms with Crippen molar-refractivity contribution in [1.29, 1.82) is 0 Å². The number of rotatable bonds is 4. The Hall–Kier alpha value is -3.69. The van der Waals surface area contributed by atoms with E-state index in [-0.39, 0.29) is 30.3 Å². The van der Waals surface area contributed by atoms with Crippen LogP contribution in [0.5, 0.6) is 0 Å². The molecule has 3 heterocycles. The first-order valence-corrected chi connectivity index (χ1v) is 10.8. The molecule has 10 nitrogen and oxygen atoms in total. The van der Waals surface area contributed by atoms with E-state index >= 15 is 0 Å². The molecule has 2 aromatic rings. The number of amides is 1. The zero-order valence-corrected chi connectivity index (χ0v) is 18.2. The lowest BCUT2D eigenvalue weighted by Gasteiger charge is -2.13. The average Bonchev–Trinajstić information content (AvgIpc) is 2.91. The van der Waals surface area contributed by atoms with Gasteiger partial charge in [-0.3, -0.25) is 9.36 Å². The molecule has 4 rings (SSSR count). The van der Waals surface area contributed by atoms with Crippen molar-refractivity contribution in [1.82, 2.24) is 19.7 Å². The number of allylic oxidation sites excluding steroid dienone is 1. The Kier molecular flexibility index (Phi) is 6.20. The highest BCUT2D eigenvalue weighted by molar-refractivity contribution is 6.24. The lowest BCUT2D eigenvalue weighted by atomic mass is 10.2. The normalized spacial score (nSPS) is 15.5. The number of aliphatic imine (C=N–C) groups is 1. The monoisotopic (exact) mass is 438 g/mol. The Bertz CT molecular complexity index is 1170. The number of ether oxygens (including phenoxy) is 1. The number of hydrogen-bond donors (Lipinski definition) is 2. The lowest BCUT2D eigenvalue weighted by molar-refractivity contribution is -0.137. The standard InChI is InChI=1S/C22H26N6O4/c1-3-32-21(30)19-14(2)23-15-9-6-7-10-16(15)24-20(19)25-18(29)13-28-22(31)27-12-8-4-5-11-17(27)26-28/h6-7,9-10,23H,3-5,8,11-13H2,1-2H3,(H,24,25,29). The van der Waals surface area contributed by atoms with Gasteiger partial charge in [0.25, 0.3) is 0 Å². The summed E-state index contributed by atoms with van der Waals surface area (Å²) in [6.07, 6.45) is 3.66. The maximum Gasteiger partial charge on any atom is 0.346 e. The molecule has 0 saturated heterocycles.